The van der Waals surface area contributed by atoms with E-state index in [1.165, 1.54) is 13.2 Å². The van der Waals surface area contributed by atoms with E-state index in [1.54, 1.807) is 26.0 Å². The van der Waals surface area contributed by atoms with Crippen LogP contribution in [0.5, 0.6) is 0 Å². The smallest absolute Gasteiger partial charge is 0.313 e. The average Bonchev–Trinajstić information content (AvgIpc) is 2.30. The Hall–Kier alpha value is -0.940. The Morgan fingerprint density at radius 2 is 2.12 bits per heavy atom. The van der Waals surface area contributed by atoms with Crippen molar-refractivity contribution >= 4 is 21.9 Å². The van der Waals surface area contributed by atoms with Gasteiger partial charge in [-0.15, -0.1) is 0 Å². The quantitative estimate of drug-likeness (QED) is 0.874. The lowest BCUT2D eigenvalue weighted by Gasteiger charge is -2.29. The lowest BCUT2D eigenvalue weighted by molar-refractivity contribution is -0.152. The molecule has 0 amide bonds. The predicted octanol–water partition coefficient (Wildman–Crippen LogP) is 2.79. The third kappa shape index (κ3) is 2.84. The highest BCUT2D eigenvalue weighted by Crippen LogP contribution is 2.34. The van der Waals surface area contributed by atoms with Gasteiger partial charge in [-0.05, 0) is 32.0 Å². The van der Waals surface area contributed by atoms with Crippen LogP contribution in [0.3, 0.4) is 0 Å². The summed E-state index contributed by atoms with van der Waals surface area (Å²) in [4.78, 5) is 11.6. The van der Waals surface area contributed by atoms with Gasteiger partial charge in [-0.1, -0.05) is 15.9 Å². The molecule has 0 aliphatic carbocycles. The molecule has 0 fully saturated rings. The van der Waals surface area contributed by atoms with Crippen LogP contribution < -0.4 is 5.73 Å². The van der Waals surface area contributed by atoms with E-state index >= 15 is 0 Å². The summed E-state index contributed by atoms with van der Waals surface area (Å²) in [7, 11) is 1.29. The number of carbonyl (C=O) groups is 1. The molecule has 0 bridgehead atoms. The summed E-state index contributed by atoms with van der Waals surface area (Å²) in [6, 6.07) is 3.70. The molecule has 94 valence electrons. The molecule has 3 nitrogen and oxygen atoms in total. The monoisotopic (exact) mass is 303 g/mol. The van der Waals surface area contributed by atoms with Gasteiger partial charge in [0.1, 0.15) is 5.82 Å². The number of rotatable bonds is 3. The van der Waals surface area contributed by atoms with E-state index in [-0.39, 0.29) is 5.56 Å². The van der Waals surface area contributed by atoms with E-state index in [4.69, 9.17) is 5.73 Å². The first-order chi connectivity index (χ1) is 7.80. The van der Waals surface area contributed by atoms with Crippen molar-refractivity contribution in [3.63, 3.8) is 0 Å². The molecule has 17 heavy (non-hydrogen) atoms. The van der Waals surface area contributed by atoms with Crippen molar-refractivity contribution in [1.29, 1.82) is 0 Å². The van der Waals surface area contributed by atoms with E-state index in [1.807, 2.05) is 0 Å². The van der Waals surface area contributed by atoms with E-state index in [0.29, 0.717) is 4.47 Å². The molecule has 1 aromatic carbocycles. The van der Waals surface area contributed by atoms with Gasteiger partial charge in [0.05, 0.1) is 12.5 Å². The van der Waals surface area contributed by atoms with Crippen LogP contribution in [-0.4, -0.2) is 13.1 Å². The Bertz CT molecular complexity index is 435. The molecular formula is C12H15BrFNO2. The molecule has 1 aromatic rings. The van der Waals surface area contributed by atoms with Crippen LogP contribution in [0.2, 0.25) is 0 Å². The summed E-state index contributed by atoms with van der Waals surface area (Å²) in [6.07, 6.45) is 0. The standard InChI is InChI=1S/C12H15BrFNO2/c1-12(2,11(16)17-3)10(15)8-6-7(13)4-5-9(8)14/h4-6,10H,15H2,1-3H3/t10-/m1/s1. The van der Waals surface area contributed by atoms with Gasteiger partial charge >= 0.3 is 5.97 Å². The van der Waals surface area contributed by atoms with Crippen LogP contribution in [0.15, 0.2) is 22.7 Å². The van der Waals surface area contributed by atoms with Crippen molar-refractivity contribution in [1.82, 2.24) is 0 Å². The maximum atomic E-state index is 13.7. The minimum atomic E-state index is -0.990. The summed E-state index contributed by atoms with van der Waals surface area (Å²) in [5, 5.41) is 0. The summed E-state index contributed by atoms with van der Waals surface area (Å²) in [5.74, 6) is -0.901. The molecule has 0 aliphatic rings. The Morgan fingerprint density at radius 3 is 2.65 bits per heavy atom. The zero-order valence-corrected chi connectivity index (χ0v) is 11.5. The first-order valence-corrected chi connectivity index (χ1v) is 5.89. The average molecular weight is 304 g/mol. The Labute approximate surface area is 108 Å². The van der Waals surface area contributed by atoms with Crippen molar-refractivity contribution in [3.05, 3.63) is 34.1 Å². The van der Waals surface area contributed by atoms with Crippen molar-refractivity contribution < 1.29 is 13.9 Å². The molecule has 0 spiro atoms. The van der Waals surface area contributed by atoms with Crippen molar-refractivity contribution in [2.45, 2.75) is 19.9 Å². The second-order valence-corrected chi connectivity index (χ2v) is 5.27. The molecule has 0 aliphatic heterocycles. The van der Waals surface area contributed by atoms with E-state index in [9.17, 15) is 9.18 Å². The van der Waals surface area contributed by atoms with Gasteiger partial charge in [0.15, 0.2) is 0 Å². The molecule has 1 atom stereocenters. The summed E-state index contributed by atoms with van der Waals surface area (Å²) >= 11 is 3.25. The van der Waals surface area contributed by atoms with Crippen molar-refractivity contribution in [3.8, 4) is 0 Å². The minimum Gasteiger partial charge on any atom is -0.469 e. The van der Waals surface area contributed by atoms with Crippen LogP contribution in [0.1, 0.15) is 25.5 Å². The number of benzene rings is 1. The number of ether oxygens (including phenoxy) is 1. The molecule has 5 heteroatoms. The van der Waals surface area contributed by atoms with Crippen LogP contribution >= 0.6 is 15.9 Å². The molecule has 0 unspecified atom stereocenters. The molecule has 0 saturated carbocycles. The lowest BCUT2D eigenvalue weighted by atomic mass is 9.81. The third-order valence-electron chi connectivity index (χ3n) is 2.78. The molecule has 1 rings (SSSR count). The number of carbonyl (C=O) groups excluding carboxylic acids is 1. The van der Waals surface area contributed by atoms with Gasteiger partial charge in [0, 0.05) is 16.1 Å². The second kappa shape index (κ2) is 5.14. The third-order valence-corrected chi connectivity index (χ3v) is 3.28. The fraction of sp³-hybridized carbons (Fsp3) is 0.417. The van der Waals surface area contributed by atoms with E-state index in [2.05, 4.69) is 20.7 Å². The van der Waals surface area contributed by atoms with E-state index in [0.717, 1.165) is 0 Å². The lowest BCUT2D eigenvalue weighted by Crippen LogP contribution is -2.37. The van der Waals surface area contributed by atoms with Crippen LogP contribution in [0.25, 0.3) is 0 Å². The largest absolute Gasteiger partial charge is 0.469 e. The highest BCUT2D eigenvalue weighted by Gasteiger charge is 2.37. The normalized spacial score (nSPS) is 13.3. The number of hydrogen-bond donors (Lipinski definition) is 1. The maximum absolute atomic E-state index is 13.7. The Morgan fingerprint density at radius 1 is 1.53 bits per heavy atom. The molecule has 0 radical (unpaired) electrons. The van der Waals surface area contributed by atoms with Gasteiger partial charge in [-0.3, -0.25) is 4.79 Å². The molecule has 0 heterocycles. The summed E-state index contributed by atoms with van der Waals surface area (Å²) in [5.41, 5.74) is 5.25. The maximum Gasteiger partial charge on any atom is 0.313 e. The molecule has 0 saturated heterocycles. The van der Waals surface area contributed by atoms with Crippen LogP contribution in [0.4, 0.5) is 4.39 Å². The highest BCUT2D eigenvalue weighted by atomic mass is 79.9. The second-order valence-electron chi connectivity index (χ2n) is 4.36. The van der Waals surface area contributed by atoms with Gasteiger partial charge in [0.25, 0.3) is 0 Å². The molecule has 2 N–H and O–H groups in total. The van der Waals surface area contributed by atoms with Gasteiger partial charge in [-0.2, -0.15) is 0 Å². The number of methoxy groups -OCH3 is 1. The predicted molar refractivity (Wildman–Crippen MR) is 66.8 cm³/mol. The van der Waals surface area contributed by atoms with Gasteiger partial charge < -0.3 is 10.5 Å². The first kappa shape index (κ1) is 14.1. The zero-order chi connectivity index (χ0) is 13.2. The highest BCUT2D eigenvalue weighted by molar-refractivity contribution is 9.10. The summed E-state index contributed by atoms with van der Waals surface area (Å²) in [6.45, 7) is 3.26. The number of halogens is 2. The number of nitrogens with two attached hydrogens (primary N) is 1. The van der Waals surface area contributed by atoms with Crippen molar-refractivity contribution in [2.75, 3.05) is 7.11 Å². The molecule has 0 aromatic heterocycles. The SMILES string of the molecule is COC(=O)C(C)(C)[C@H](N)c1cc(Br)ccc1F. The molecular weight excluding hydrogens is 289 g/mol. The topological polar surface area (TPSA) is 52.3 Å². The van der Waals surface area contributed by atoms with Crippen molar-refractivity contribution in [2.24, 2.45) is 11.1 Å². The Balaban J connectivity index is 3.15. The van der Waals surface area contributed by atoms with Crippen LogP contribution in [0, 0.1) is 11.2 Å². The zero-order valence-electron chi connectivity index (χ0n) is 9.96. The fourth-order valence-corrected chi connectivity index (χ4v) is 1.91. The van der Waals surface area contributed by atoms with Gasteiger partial charge in [-0.25, -0.2) is 4.39 Å². The Kier molecular flexibility index (Phi) is 4.27. The fourth-order valence-electron chi connectivity index (χ4n) is 1.53. The number of esters is 1. The van der Waals surface area contributed by atoms with Gasteiger partial charge in [0.2, 0.25) is 0 Å². The summed E-state index contributed by atoms with van der Waals surface area (Å²) < 4.78 is 19.1. The van der Waals surface area contributed by atoms with E-state index < -0.39 is 23.2 Å². The van der Waals surface area contributed by atoms with Crippen LogP contribution in [-0.2, 0) is 9.53 Å². The first-order valence-electron chi connectivity index (χ1n) is 5.09. The minimum absolute atomic E-state index is 0.287. The number of hydrogen-bond acceptors (Lipinski definition) is 3.